The third-order valence-electron chi connectivity index (χ3n) is 11.2. The number of aromatic nitrogens is 3. The minimum absolute atomic E-state index is 0. The summed E-state index contributed by atoms with van der Waals surface area (Å²) < 4.78 is 20.7. The fourth-order valence-corrected chi connectivity index (χ4v) is 8.95. The normalized spacial score (nSPS) is 12.5. The van der Waals surface area contributed by atoms with E-state index in [0.717, 1.165) is 68.0 Å². The number of nitrogens with zero attached hydrogens (tertiary/aromatic N) is 3. The Labute approximate surface area is 373 Å². The van der Waals surface area contributed by atoms with Crippen molar-refractivity contribution >= 4 is 35.2 Å². The molecule has 0 atom stereocenters. The van der Waals surface area contributed by atoms with Crippen molar-refractivity contribution in [2.75, 3.05) is 0 Å². The van der Waals surface area contributed by atoms with Gasteiger partial charge < -0.3 is 4.42 Å². The molecular weight excluding hydrogens is 946 g/mol. The van der Waals surface area contributed by atoms with Gasteiger partial charge in [0.05, 0.1) is 25.2 Å². The molecule has 1 fully saturated rings. The quantitative estimate of drug-likeness (QED) is 0.149. The molecule has 1 radical (unpaired) electrons. The SMILES string of the molecule is C[Si](C)(C)c1ccc(-c2ccccc2)nc1.Fc1ccccc1-c1ccc2c(c1)oc1c(-c3cc(CC4CCCC4)ccn3)cccc12.[Ir].c1ccc(-c2ccccn2)cc1. The van der Waals surface area contributed by atoms with Crippen molar-refractivity contribution in [2.24, 2.45) is 5.92 Å². The first kappa shape index (κ1) is 43.2. The number of rotatable bonds is 7. The van der Waals surface area contributed by atoms with Gasteiger partial charge in [-0.25, -0.2) is 4.39 Å². The third-order valence-corrected chi connectivity index (χ3v) is 13.2. The molecule has 307 valence electrons. The molecule has 0 N–H and O–H groups in total. The first-order valence-electron chi connectivity index (χ1n) is 20.9. The van der Waals surface area contributed by atoms with E-state index in [1.807, 2.05) is 97.5 Å². The van der Waals surface area contributed by atoms with Crippen molar-refractivity contribution in [1.29, 1.82) is 0 Å². The number of hydrogen-bond donors (Lipinski definition) is 0. The van der Waals surface area contributed by atoms with Crippen molar-refractivity contribution in [2.45, 2.75) is 51.7 Å². The molecule has 1 aliphatic carbocycles. The van der Waals surface area contributed by atoms with Crippen LogP contribution < -0.4 is 5.19 Å². The maximum atomic E-state index is 14.3. The summed E-state index contributed by atoms with van der Waals surface area (Å²) in [6, 6.07) is 54.1. The maximum absolute atomic E-state index is 14.3. The monoisotopic (exact) mass is 996 g/mol. The molecule has 0 spiro atoms. The van der Waals surface area contributed by atoms with Gasteiger partial charge in [-0.3, -0.25) is 15.0 Å². The summed E-state index contributed by atoms with van der Waals surface area (Å²) in [5.41, 5.74) is 10.7. The number of benzene rings is 5. The Morgan fingerprint density at radius 1 is 0.557 bits per heavy atom. The summed E-state index contributed by atoms with van der Waals surface area (Å²) in [6.07, 6.45) is 12.3. The zero-order valence-electron chi connectivity index (χ0n) is 34.9. The molecule has 4 heterocycles. The van der Waals surface area contributed by atoms with Crippen molar-refractivity contribution in [3.05, 3.63) is 194 Å². The smallest absolute Gasteiger partial charge is 0.144 e. The van der Waals surface area contributed by atoms with Crippen LogP contribution in [0.2, 0.25) is 19.6 Å². The van der Waals surface area contributed by atoms with Gasteiger partial charge in [0.25, 0.3) is 0 Å². The van der Waals surface area contributed by atoms with Crippen LogP contribution in [0.15, 0.2) is 187 Å². The van der Waals surface area contributed by atoms with Gasteiger partial charge in [0.1, 0.15) is 17.0 Å². The standard InChI is InChI=1S/C29H24FNO.C14H17NSi.C11H9N.Ir/c30-26-11-4-3-8-22(26)21-12-13-23-24-9-5-10-25(29(24)32-28(23)18-21)27-17-20(14-15-31-27)16-19-6-1-2-7-19;1-16(2,3)13-9-10-14(15-11-13)12-7-5-4-6-8-12;1-2-6-10(7-3-1)11-8-4-5-9-12-11;/h3-5,8-15,17-19H,1-2,6-7,16H2;4-11H,1-3H3;1-9H;. The molecule has 5 aromatic carbocycles. The van der Waals surface area contributed by atoms with Crippen LogP contribution in [-0.4, -0.2) is 23.0 Å². The second-order valence-corrected chi connectivity index (χ2v) is 21.6. The van der Waals surface area contributed by atoms with Gasteiger partial charge in [-0.05, 0) is 83.2 Å². The molecule has 4 aromatic heterocycles. The van der Waals surface area contributed by atoms with Gasteiger partial charge in [0.15, 0.2) is 0 Å². The summed E-state index contributed by atoms with van der Waals surface area (Å²) in [4.78, 5) is 13.5. The predicted molar refractivity (Wildman–Crippen MR) is 250 cm³/mol. The van der Waals surface area contributed by atoms with Gasteiger partial charge in [-0.15, -0.1) is 0 Å². The van der Waals surface area contributed by atoms with Crippen LogP contribution in [0.1, 0.15) is 31.2 Å². The second kappa shape index (κ2) is 20.1. The van der Waals surface area contributed by atoms with Crippen LogP contribution in [0.5, 0.6) is 0 Å². The van der Waals surface area contributed by atoms with Crippen molar-refractivity contribution in [3.63, 3.8) is 0 Å². The summed E-state index contributed by atoms with van der Waals surface area (Å²) in [6.45, 7) is 7.02. The summed E-state index contributed by atoms with van der Waals surface area (Å²) in [5.74, 6) is 0.566. The first-order chi connectivity index (χ1) is 29.3. The fourth-order valence-electron chi connectivity index (χ4n) is 7.92. The van der Waals surface area contributed by atoms with E-state index in [-0.39, 0.29) is 25.9 Å². The topological polar surface area (TPSA) is 51.8 Å². The van der Waals surface area contributed by atoms with Gasteiger partial charge >= 0.3 is 0 Å². The molecule has 0 saturated heterocycles. The van der Waals surface area contributed by atoms with E-state index < -0.39 is 8.07 Å². The minimum Gasteiger partial charge on any atom is -0.455 e. The predicted octanol–water partition coefficient (Wildman–Crippen LogP) is 14.2. The molecule has 0 bridgehead atoms. The molecule has 61 heavy (non-hydrogen) atoms. The van der Waals surface area contributed by atoms with Crippen LogP contribution in [0.3, 0.4) is 0 Å². The Morgan fingerprint density at radius 2 is 1.21 bits per heavy atom. The second-order valence-electron chi connectivity index (χ2n) is 16.5. The number of furan rings is 1. The summed E-state index contributed by atoms with van der Waals surface area (Å²) in [5, 5.41) is 3.50. The van der Waals surface area contributed by atoms with Crippen molar-refractivity contribution in [3.8, 4) is 44.9 Å². The van der Waals surface area contributed by atoms with Crippen LogP contribution >= 0.6 is 0 Å². The van der Waals surface area contributed by atoms with Crippen molar-refractivity contribution in [1.82, 2.24) is 15.0 Å². The van der Waals surface area contributed by atoms with Crippen LogP contribution in [0.4, 0.5) is 4.39 Å². The maximum Gasteiger partial charge on any atom is 0.144 e. The number of halogens is 1. The van der Waals surface area contributed by atoms with Gasteiger partial charge in [0, 0.05) is 71.7 Å². The fraction of sp³-hybridized carbons (Fsp3) is 0.167. The molecule has 4 nitrogen and oxygen atoms in total. The Hall–Kier alpha value is -5.85. The van der Waals surface area contributed by atoms with Crippen LogP contribution in [0.25, 0.3) is 66.8 Å². The molecule has 9 aromatic rings. The molecule has 0 aliphatic heterocycles. The number of hydrogen-bond acceptors (Lipinski definition) is 4. The Balaban J connectivity index is 0.000000161. The zero-order chi connectivity index (χ0) is 41.3. The molecule has 7 heteroatoms. The van der Waals surface area contributed by atoms with Gasteiger partial charge in [-0.2, -0.15) is 0 Å². The van der Waals surface area contributed by atoms with E-state index in [2.05, 4.69) is 101 Å². The van der Waals surface area contributed by atoms with E-state index in [4.69, 9.17) is 4.42 Å². The number of para-hydroxylation sites is 1. The molecule has 0 unspecified atom stereocenters. The largest absolute Gasteiger partial charge is 0.455 e. The Bertz CT molecular complexity index is 2750. The zero-order valence-corrected chi connectivity index (χ0v) is 38.3. The third kappa shape index (κ3) is 10.7. The van der Waals surface area contributed by atoms with E-state index in [0.29, 0.717) is 5.56 Å². The Kier molecular flexibility index (Phi) is 14.3. The van der Waals surface area contributed by atoms with Crippen LogP contribution in [0, 0.1) is 11.7 Å². The molecule has 0 amide bonds. The molecular formula is C54H50FIrN3OSi. The molecule has 10 rings (SSSR count). The molecule has 1 aliphatic rings. The average molecular weight is 996 g/mol. The average Bonchev–Trinajstić information content (AvgIpc) is 3.95. The van der Waals surface area contributed by atoms with E-state index in [1.54, 1.807) is 12.1 Å². The van der Waals surface area contributed by atoms with Crippen molar-refractivity contribution < 1.29 is 28.9 Å². The van der Waals surface area contributed by atoms with Gasteiger partial charge in [0.2, 0.25) is 0 Å². The molecule has 1 saturated carbocycles. The van der Waals surface area contributed by atoms with Gasteiger partial charge in [-0.1, -0.05) is 155 Å². The summed E-state index contributed by atoms with van der Waals surface area (Å²) in [7, 11) is -1.22. The van der Waals surface area contributed by atoms with E-state index in [9.17, 15) is 4.39 Å². The summed E-state index contributed by atoms with van der Waals surface area (Å²) >= 11 is 0. The Morgan fingerprint density at radius 3 is 1.87 bits per heavy atom. The van der Waals surface area contributed by atoms with E-state index in [1.165, 1.54) is 48.1 Å². The number of fused-ring (bicyclic) bond motifs is 3. The number of pyridine rings is 3. The van der Waals surface area contributed by atoms with Crippen LogP contribution in [-0.2, 0) is 26.5 Å². The first-order valence-corrected chi connectivity index (χ1v) is 24.4. The van der Waals surface area contributed by atoms with E-state index >= 15 is 0 Å². The minimum atomic E-state index is -1.22.